The first-order valence-electron chi connectivity index (χ1n) is 3.26. The van der Waals surface area contributed by atoms with Gasteiger partial charge in [-0.25, -0.2) is 0 Å². The summed E-state index contributed by atoms with van der Waals surface area (Å²) < 4.78 is 5.28. The van der Waals surface area contributed by atoms with E-state index in [1.54, 1.807) is 0 Å². The Balaban J connectivity index is 3.07. The number of ether oxygens (including phenoxy) is 1. The van der Waals surface area contributed by atoms with Crippen LogP contribution < -0.4 is 0 Å². The van der Waals surface area contributed by atoms with Crippen LogP contribution in [0, 0.1) is 6.92 Å². The maximum atomic E-state index is 5.28. The van der Waals surface area contributed by atoms with Crippen molar-refractivity contribution in [3.8, 4) is 0 Å². The van der Waals surface area contributed by atoms with E-state index in [0.717, 1.165) is 19.4 Å². The molecule has 0 spiro atoms. The van der Waals surface area contributed by atoms with E-state index in [2.05, 4.69) is 13.8 Å². The molecule has 1 heteroatoms. The zero-order valence-electron chi connectivity index (χ0n) is 5.81. The Bertz CT molecular complexity index is 39.7. The predicted molar refractivity (Wildman–Crippen MR) is 35.7 cm³/mol. The number of rotatable bonds is 4. The van der Waals surface area contributed by atoms with Crippen LogP contribution in [-0.2, 0) is 4.74 Å². The van der Waals surface area contributed by atoms with Crippen molar-refractivity contribution >= 4 is 0 Å². The smallest absolute Gasteiger partial charge is 0.0572 e. The van der Waals surface area contributed by atoms with Gasteiger partial charge in [-0.1, -0.05) is 13.8 Å². The molecule has 1 radical (unpaired) electrons. The maximum Gasteiger partial charge on any atom is 0.0572 e. The minimum absolute atomic E-state index is 0.389. The van der Waals surface area contributed by atoms with Crippen LogP contribution in [-0.4, -0.2) is 12.7 Å². The average molecular weight is 115 g/mol. The van der Waals surface area contributed by atoms with Crippen LogP contribution in [0.15, 0.2) is 0 Å². The first-order valence-corrected chi connectivity index (χ1v) is 3.26. The maximum absolute atomic E-state index is 5.28. The summed E-state index contributed by atoms with van der Waals surface area (Å²) in [5, 5.41) is 0. The van der Waals surface area contributed by atoms with Crippen LogP contribution in [0.25, 0.3) is 0 Å². The molecule has 0 aromatic carbocycles. The van der Waals surface area contributed by atoms with Crippen LogP contribution in [0.5, 0.6) is 0 Å². The summed E-state index contributed by atoms with van der Waals surface area (Å²) in [4.78, 5) is 0. The third-order valence-electron chi connectivity index (χ3n) is 1.18. The van der Waals surface area contributed by atoms with Crippen LogP contribution in [0.4, 0.5) is 0 Å². The summed E-state index contributed by atoms with van der Waals surface area (Å²) in [6.45, 7) is 8.69. The van der Waals surface area contributed by atoms with E-state index in [0.29, 0.717) is 6.10 Å². The SMILES string of the molecule is [CH2]CC(CC)OCC. The lowest BCUT2D eigenvalue weighted by Crippen LogP contribution is -2.09. The van der Waals surface area contributed by atoms with Crippen molar-refractivity contribution in [3.05, 3.63) is 6.92 Å². The fourth-order valence-electron chi connectivity index (χ4n) is 0.641. The molecule has 49 valence electrons. The van der Waals surface area contributed by atoms with Crippen LogP contribution in [0.3, 0.4) is 0 Å². The van der Waals surface area contributed by atoms with Crippen LogP contribution in [0.2, 0.25) is 0 Å². The molecular weight excluding hydrogens is 100 g/mol. The second-order valence-corrected chi connectivity index (χ2v) is 1.77. The molecule has 0 aromatic heterocycles. The van der Waals surface area contributed by atoms with E-state index in [1.165, 1.54) is 0 Å². The molecular formula is C7H15O. The molecule has 0 amide bonds. The first kappa shape index (κ1) is 7.96. The average Bonchev–Trinajstić information content (AvgIpc) is 1.83. The summed E-state index contributed by atoms with van der Waals surface area (Å²) in [7, 11) is 0. The molecule has 0 aromatic rings. The molecule has 1 atom stereocenters. The first-order chi connectivity index (χ1) is 3.85. The van der Waals surface area contributed by atoms with Gasteiger partial charge in [0, 0.05) is 6.61 Å². The zero-order valence-corrected chi connectivity index (χ0v) is 5.81. The van der Waals surface area contributed by atoms with Crippen LogP contribution >= 0.6 is 0 Å². The van der Waals surface area contributed by atoms with Crippen molar-refractivity contribution in [1.82, 2.24) is 0 Å². The van der Waals surface area contributed by atoms with Gasteiger partial charge >= 0.3 is 0 Å². The summed E-state index contributed by atoms with van der Waals surface area (Å²) >= 11 is 0. The molecule has 0 heterocycles. The van der Waals surface area contributed by atoms with Crippen LogP contribution in [0.1, 0.15) is 26.7 Å². The van der Waals surface area contributed by atoms with Gasteiger partial charge < -0.3 is 4.74 Å². The van der Waals surface area contributed by atoms with Crippen molar-refractivity contribution in [2.75, 3.05) is 6.61 Å². The van der Waals surface area contributed by atoms with Gasteiger partial charge in [0.2, 0.25) is 0 Å². The molecule has 0 saturated heterocycles. The largest absolute Gasteiger partial charge is 0.379 e. The monoisotopic (exact) mass is 115 g/mol. The zero-order chi connectivity index (χ0) is 6.41. The van der Waals surface area contributed by atoms with E-state index in [1.807, 2.05) is 6.92 Å². The van der Waals surface area contributed by atoms with Gasteiger partial charge in [-0.3, -0.25) is 0 Å². The molecule has 0 aliphatic carbocycles. The predicted octanol–water partition coefficient (Wildman–Crippen LogP) is 2.03. The number of hydrogen-bond acceptors (Lipinski definition) is 1. The summed E-state index contributed by atoms with van der Waals surface area (Å²) in [5.74, 6) is 0. The Labute approximate surface area is 52.0 Å². The molecule has 1 unspecified atom stereocenters. The molecule has 0 N–H and O–H groups in total. The second-order valence-electron chi connectivity index (χ2n) is 1.77. The van der Waals surface area contributed by atoms with Gasteiger partial charge in [0.1, 0.15) is 0 Å². The highest BCUT2D eigenvalue weighted by molar-refractivity contribution is 4.54. The molecule has 8 heavy (non-hydrogen) atoms. The Morgan fingerprint density at radius 1 is 1.50 bits per heavy atom. The van der Waals surface area contributed by atoms with E-state index >= 15 is 0 Å². The minimum Gasteiger partial charge on any atom is -0.379 e. The third kappa shape index (κ3) is 3.03. The normalized spacial score (nSPS) is 10.5. The Morgan fingerprint density at radius 2 is 2.12 bits per heavy atom. The number of hydrogen-bond donors (Lipinski definition) is 0. The summed E-state index contributed by atoms with van der Waals surface area (Å²) in [6, 6.07) is 0. The second kappa shape index (κ2) is 5.10. The molecule has 0 rings (SSSR count). The fraction of sp³-hybridized carbons (Fsp3) is 0.857. The van der Waals surface area contributed by atoms with Gasteiger partial charge in [-0.2, -0.15) is 0 Å². The highest BCUT2D eigenvalue weighted by Crippen LogP contribution is 2.00. The topological polar surface area (TPSA) is 9.23 Å². The van der Waals surface area contributed by atoms with E-state index < -0.39 is 0 Å². The lowest BCUT2D eigenvalue weighted by Gasteiger charge is -2.10. The highest BCUT2D eigenvalue weighted by Gasteiger charge is 1.98. The van der Waals surface area contributed by atoms with E-state index in [9.17, 15) is 0 Å². The van der Waals surface area contributed by atoms with Gasteiger partial charge in [0.25, 0.3) is 0 Å². The minimum atomic E-state index is 0.389. The lowest BCUT2D eigenvalue weighted by molar-refractivity contribution is 0.0621. The van der Waals surface area contributed by atoms with E-state index in [4.69, 9.17) is 4.74 Å². The molecule has 0 bridgehead atoms. The van der Waals surface area contributed by atoms with Crippen molar-refractivity contribution in [2.45, 2.75) is 32.8 Å². The summed E-state index contributed by atoms with van der Waals surface area (Å²) in [6.07, 6.45) is 2.36. The molecule has 0 aliphatic rings. The van der Waals surface area contributed by atoms with Crippen molar-refractivity contribution < 1.29 is 4.74 Å². The lowest BCUT2D eigenvalue weighted by atomic mass is 10.2. The standard InChI is InChI=1S/C7H15O/c1-4-7(5-2)8-6-3/h7H,1,4-6H2,2-3H3. The Kier molecular flexibility index (Phi) is 5.08. The van der Waals surface area contributed by atoms with Gasteiger partial charge in [-0.15, -0.1) is 0 Å². The van der Waals surface area contributed by atoms with Crippen molar-refractivity contribution in [1.29, 1.82) is 0 Å². The third-order valence-corrected chi connectivity index (χ3v) is 1.18. The van der Waals surface area contributed by atoms with Crippen molar-refractivity contribution in [3.63, 3.8) is 0 Å². The Hall–Kier alpha value is -0.0400. The van der Waals surface area contributed by atoms with Gasteiger partial charge in [-0.05, 0) is 19.8 Å². The molecule has 0 saturated carbocycles. The van der Waals surface area contributed by atoms with Crippen molar-refractivity contribution in [2.24, 2.45) is 0 Å². The summed E-state index contributed by atoms with van der Waals surface area (Å²) in [5.41, 5.74) is 0. The van der Waals surface area contributed by atoms with Gasteiger partial charge in [0.05, 0.1) is 6.10 Å². The molecule has 0 aliphatic heterocycles. The fourth-order valence-corrected chi connectivity index (χ4v) is 0.641. The van der Waals surface area contributed by atoms with Gasteiger partial charge in [0.15, 0.2) is 0 Å². The Morgan fingerprint density at radius 3 is 2.25 bits per heavy atom. The van der Waals surface area contributed by atoms with E-state index in [-0.39, 0.29) is 0 Å². The highest BCUT2D eigenvalue weighted by atomic mass is 16.5. The molecule has 1 nitrogen and oxygen atoms in total. The quantitative estimate of drug-likeness (QED) is 0.544. The molecule has 0 fully saturated rings.